The lowest BCUT2D eigenvalue weighted by atomic mass is 10.1. The van der Waals surface area contributed by atoms with Gasteiger partial charge in [-0.1, -0.05) is 23.2 Å². The van der Waals surface area contributed by atoms with Crippen LogP contribution in [0.4, 0.5) is 0 Å². The number of carbonyl (C=O) groups is 1. The molecule has 2 nitrogen and oxygen atoms in total. The van der Waals surface area contributed by atoms with Gasteiger partial charge in [0.25, 0.3) is 0 Å². The van der Waals surface area contributed by atoms with E-state index in [9.17, 15) is 9.90 Å². The number of phenolic OH excluding ortho intramolecular Hbond substituents is 1. The molecule has 1 N–H and O–H groups in total. The highest BCUT2D eigenvalue weighted by atomic mass is 79.9. The number of hydrogen-bond acceptors (Lipinski definition) is 2. The zero-order chi connectivity index (χ0) is 10.2. The van der Waals surface area contributed by atoms with Crippen LogP contribution in [-0.4, -0.2) is 10.9 Å². The van der Waals surface area contributed by atoms with Gasteiger partial charge >= 0.3 is 0 Å². The van der Waals surface area contributed by atoms with E-state index in [0.29, 0.717) is 4.47 Å². The van der Waals surface area contributed by atoms with Crippen molar-refractivity contribution in [2.24, 2.45) is 0 Å². The Morgan fingerprint density at radius 3 is 2.54 bits per heavy atom. The normalized spacial score (nSPS) is 10.2. The summed E-state index contributed by atoms with van der Waals surface area (Å²) in [6, 6.07) is 1.44. The van der Waals surface area contributed by atoms with Crippen LogP contribution in [-0.2, 0) is 0 Å². The van der Waals surface area contributed by atoms with Crippen molar-refractivity contribution in [2.45, 2.75) is 6.92 Å². The summed E-state index contributed by atoms with van der Waals surface area (Å²) >= 11 is 14.5. The smallest absolute Gasteiger partial charge is 0.165 e. The van der Waals surface area contributed by atoms with Gasteiger partial charge in [-0.15, -0.1) is 0 Å². The Kier molecular flexibility index (Phi) is 3.22. The summed E-state index contributed by atoms with van der Waals surface area (Å²) in [5.41, 5.74) is 0.0426. The van der Waals surface area contributed by atoms with E-state index in [1.807, 2.05) is 0 Å². The molecule has 0 aliphatic heterocycles. The third kappa shape index (κ3) is 1.98. The Bertz CT molecular complexity index is 351. The maximum absolute atomic E-state index is 11.1. The molecular formula is C8H5BrCl2O2. The minimum absolute atomic E-state index is 0.0426. The maximum Gasteiger partial charge on any atom is 0.165 e. The number of hydrogen-bond donors (Lipinski definition) is 1. The zero-order valence-corrected chi connectivity index (χ0v) is 9.66. The summed E-state index contributed by atoms with van der Waals surface area (Å²) in [4.78, 5) is 11.1. The highest BCUT2D eigenvalue weighted by Gasteiger charge is 2.17. The highest BCUT2D eigenvalue weighted by Crippen LogP contribution is 2.38. The van der Waals surface area contributed by atoms with E-state index < -0.39 is 0 Å². The largest absolute Gasteiger partial charge is 0.506 e. The molecule has 0 atom stereocenters. The van der Waals surface area contributed by atoms with Gasteiger partial charge in [0, 0.05) is 4.47 Å². The molecule has 0 heterocycles. The van der Waals surface area contributed by atoms with Gasteiger partial charge in [-0.3, -0.25) is 4.79 Å². The summed E-state index contributed by atoms with van der Waals surface area (Å²) in [7, 11) is 0. The number of halogens is 3. The van der Waals surface area contributed by atoms with Crippen molar-refractivity contribution in [1.82, 2.24) is 0 Å². The van der Waals surface area contributed by atoms with E-state index in [1.165, 1.54) is 13.0 Å². The second-order valence-electron chi connectivity index (χ2n) is 2.43. The third-order valence-corrected chi connectivity index (χ3v) is 3.03. The number of Topliss-reactive ketones (excluding diaryl/α,β-unsaturated/α-hetero) is 1. The summed E-state index contributed by atoms with van der Waals surface area (Å²) in [6.45, 7) is 1.31. The minimum Gasteiger partial charge on any atom is -0.506 e. The quantitative estimate of drug-likeness (QED) is 0.631. The monoisotopic (exact) mass is 282 g/mol. The molecule has 0 saturated carbocycles. The van der Waals surface area contributed by atoms with Gasteiger partial charge in [-0.05, 0) is 28.9 Å². The highest BCUT2D eigenvalue weighted by molar-refractivity contribution is 9.10. The van der Waals surface area contributed by atoms with E-state index in [0.717, 1.165) is 0 Å². The lowest BCUT2D eigenvalue weighted by Crippen LogP contribution is -1.95. The first-order valence-corrected chi connectivity index (χ1v) is 4.87. The molecule has 1 aromatic carbocycles. The average molecular weight is 284 g/mol. The van der Waals surface area contributed by atoms with E-state index in [4.69, 9.17) is 23.2 Å². The van der Waals surface area contributed by atoms with Crippen LogP contribution in [0.3, 0.4) is 0 Å². The van der Waals surface area contributed by atoms with E-state index in [2.05, 4.69) is 15.9 Å². The molecule has 0 radical (unpaired) electrons. The van der Waals surface area contributed by atoms with Crippen molar-refractivity contribution in [3.8, 4) is 5.75 Å². The Hall–Kier alpha value is -0.250. The fourth-order valence-electron chi connectivity index (χ4n) is 0.907. The van der Waals surface area contributed by atoms with Gasteiger partial charge in [-0.2, -0.15) is 0 Å². The molecule has 1 aromatic rings. The average Bonchev–Trinajstić information content (AvgIpc) is 2.01. The molecular weight excluding hydrogens is 279 g/mol. The molecule has 0 aliphatic carbocycles. The Morgan fingerprint density at radius 1 is 1.54 bits per heavy atom. The van der Waals surface area contributed by atoms with Crippen molar-refractivity contribution in [2.75, 3.05) is 0 Å². The number of carbonyl (C=O) groups excluding carboxylic acids is 1. The van der Waals surface area contributed by atoms with E-state index in [-0.39, 0.29) is 27.1 Å². The predicted octanol–water partition coefficient (Wildman–Crippen LogP) is 3.66. The second kappa shape index (κ2) is 3.86. The van der Waals surface area contributed by atoms with Crippen LogP contribution in [0.2, 0.25) is 10.0 Å². The van der Waals surface area contributed by atoms with Crippen LogP contribution in [0.1, 0.15) is 17.3 Å². The van der Waals surface area contributed by atoms with Crippen molar-refractivity contribution in [1.29, 1.82) is 0 Å². The summed E-state index contributed by atoms with van der Waals surface area (Å²) in [5.74, 6) is -0.604. The van der Waals surface area contributed by atoms with Crippen LogP contribution >= 0.6 is 39.1 Å². The molecule has 0 amide bonds. The molecule has 0 spiro atoms. The Morgan fingerprint density at radius 2 is 2.08 bits per heavy atom. The number of phenols is 1. The molecule has 0 aliphatic rings. The van der Waals surface area contributed by atoms with E-state index >= 15 is 0 Å². The Labute approximate surface area is 93.6 Å². The maximum atomic E-state index is 11.1. The van der Waals surface area contributed by atoms with Gasteiger partial charge < -0.3 is 5.11 Å². The molecule has 70 valence electrons. The fourth-order valence-corrected chi connectivity index (χ4v) is 1.95. The fraction of sp³-hybridized carbons (Fsp3) is 0.125. The first kappa shape index (κ1) is 10.8. The topological polar surface area (TPSA) is 37.3 Å². The summed E-state index contributed by atoms with van der Waals surface area (Å²) in [5, 5.41) is 9.69. The van der Waals surface area contributed by atoms with Gasteiger partial charge in [0.15, 0.2) is 5.78 Å². The molecule has 0 aromatic heterocycles. The molecule has 0 unspecified atom stereocenters. The van der Waals surface area contributed by atoms with Crippen LogP contribution in [0, 0.1) is 0 Å². The molecule has 1 rings (SSSR count). The van der Waals surface area contributed by atoms with Gasteiger partial charge in [-0.25, -0.2) is 0 Å². The lowest BCUT2D eigenvalue weighted by molar-refractivity contribution is 0.101. The number of aromatic hydroxyl groups is 1. The van der Waals surface area contributed by atoms with Crippen molar-refractivity contribution >= 4 is 44.9 Å². The van der Waals surface area contributed by atoms with Crippen molar-refractivity contribution in [3.63, 3.8) is 0 Å². The van der Waals surface area contributed by atoms with Crippen LogP contribution in [0.5, 0.6) is 5.75 Å². The number of benzene rings is 1. The predicted molar refractivity (Wildman–Crippen MR) is 55.8 cm³/mol. The molecule has 0 bridgehead atoms. The summed E-state index contributed by atoms with van der Waals surface area (Å²) < 4.78 is 0.488. The van der Waals surface area contributed by atoms with Crippen LogP contribution in [0.25, 0.3) is 0 Å². The molecule has 0 saturated heterocycles. The number of ketones is 1. The first-order chi connectivity index (χ1) is 5.95. The number of rotatable bonds is 1. The first-order valence-electron chi connectivity index (χ1n) is 3.32. The third-order valence-electron chi connectivity index (χ3n) is 1.50. The van der Waals surface area contributed by atoms with Crippen molar-refractivity contribution in [3.05, 3.63) is 26.1 Å². The molecule has 13 heavy (non-hydrogen) atoms. The second-order valence-corrected chi connectivity index (χ2v) is 4.07. The SMILES string of the molecule is CC(=O)c1c(O)c(Cl)cc(Br)c1Cl. The van der Waals surface area contributed by atoms with Gasteiger partial charge in [0.1, 0.15) is 5.75 Å². The van der Waals surface area contributed by atoms with E-state index in [1.54, 1.807) is 0 Å². The van der Waals surface area contributed by atoms with Crippen LogP contribution < -0.4 is 0 Å². The lowest BCUT2D eigenvalue weighted by Gasteiger charge is -2.06. The van der Waals surface area contributed by atoms with Crippen molar-refractivity contribution < 1.29 is 9.90 Å². The standard InChI is InChI=1S/C8H5BrCl2O2/c1-3(12)6-7(11)4(9)2-5(10)8(6)13/h2,13H,1H3. The zero-order valence-electron chi connectivity index (χ0n) is 6.57. The van der Waals surface area contributed by atoms with Crippen LogP contribution in [0.15, 0.2) is 10.5 Å². The minimum atomic E-state index is -0.328. The van der Waals surface area contributed by atoms with Gasteiger partial charge in [0.05, 0.1) is 15.6 Å². The summed E-state index contributed by atoms with van der Waals surface area (Å²) in [6.07, 6.45) is 0. The molecule has 0 fully saturated rings. The Balaban J connectivity index is 3.56. The molecule has 5 heteroatoms. The van der Waals surface area contributed by atoms with Gasteiger partial charge in [0.2, 0.25) is 0 Å².